The Bertz CT molecular complexity index is 1930. The lowest BCUT2D eigenvalue weighted by molar-refractivity contribution is -0.157. The lowest BCUT2D eigenvalue weighted by atomic mass is 10.1. The van der Waals surface area contributed by atoms with Gasteiger partial charge in [-0.15, -0.1) is 0 Å². The number of halogens is 1. The maximum atomic E-state index is 14.8. The molecule has 3 atom stereocenters. The number of nitrogens with two attached hydrogens (primary N) is 1. The van der Waals surface area contributed by atoms with Crippen LogP contribution in [0.2, 0.25) is 5.02 Å². The maximum absolute atomic E-state index is 14.8. The van der Waals surface area contributed by atoms with E-state index < -0.39 is 31.5 Å². The normalized spacial score (nSPS) is 14.5. The smallest absolute Gasteiger partial charge is 0.459 e. The molecule has 2 aromatic heterocycles. The molecule has 0 amide bonds. The van der Waals surface area contributed by atoms with E-state index in [2.05, 4.69) is 10.1 Å². The summed E-state index contributed by atoms with van der Waals surface area (Å²) in [5.41, 5.74) is 8.38. The molecule has 48 heavy (non-hydrogen) atoms. The molecule has 0 aliphatic rings. The monoisotopic (exact) mass is 693 g/mol. The van der Waals surface area contributed by atoms with E-state index in [1.165, 1.54) is 6.07 Å². The molecule has 2 heterocycles. The second kappa shape index (κ2) is 15.1. The van der Waals surface area contributed by atoms with Crippen LogP contribution >= 0.6 is 19.3 Å². The maximum Gasteiger partial charge on any atom is 0.459 e. The molecule has 3 N–H and O–H groups in total. The minimum Gasteiger partial charge on any atom is -0.459 e. The van der Waals surface area contributed by atoms with Gasteiger partial charge in [-0.2, -0.15) is 5.09 Å². The molecule has 0 spiro atoms. The first kappa shape index (κ1) is 35.3. The third-order valence-corrected chi connectivity index (χ3v) is 9.14. The number of esters is 1. The summed E-state index contributed by atoms with van der Waals surface area (Å²) < 4.78 is 40.6. The largest absolute Gasteiger partial charge is 0.459 e. The van der Waals surface area contributed by atoms with Crippen molar-refractivity contribution in [2.75, 3.05) is 12.3 Å². The first-order chi connectivity index (χ1) is 22.8. The van der Waals surface area contributed by atoms with Gasteiger partial charge in [-0.25, -0.2) is 14.5 Å². The fourth-order valence-electron chi connectivity index (χ4n) is 5.27. The topological polar surface area (TPSA) is 140 Å². The van der Waals surface area contributed by atoms with Crippen molar-refractivity contribution >= 4 is 53.1 Å². The Hall–Kier alpha value is -3.99. The van der Waals surface area contributed by atoms with Crippen molar-refractivity contribution in [2.45, 2.75) is 71.9 Å². The molecule has 0 radical (unpaired) electrons. The Morgan fingerprint density at radius 3 is 2.48 bits per heavy atom. The number of imidazole rings is 1. The summed E-state index contributed by atoms with van der Waals surface area (Å²) in [5, 5.41) is 4.14. The molecule has 0 fully saturated rings. The lowest BCUT2D eigenvalue weighted by Gasteiger charge is -2.29. The van der Waals surface area contributed by atoms with Crippen LogP contribution < -0.4 is 15.3 Å². The lowest BCUT2D eigenvalue weighted by Crippen LogP contribution is -2.42. The van der Waals surface area contributed by atoms with E-state index in [1.54, 1.807) is 45.9 Å². The zero-order valence-electron chi connectivity index (χ0n) is 27.7. The Labute approximate surface area is 285 Å². The van der Waals surface area contributed by atoms with Gasteiger partial charge in [0.15, 0.2) is 5.82 Å². The molecule has 0 aliphatic heterocycles. The van der Waals surface area contributed by atoms with Crippen molar-refractivity contribution in [3.8, 4) is 5.75 Å². The number of ether oxygens (including phenoxy) is 2. The van der Waals surface area contributed by atoms with E-state index in [4.69, 9.17) is 40.8 Å². The van der Waals surface area contributed by atoms with E-state index in [9.17, 15) is 9.36 Å². The van der Waals surface area contributed by atoms with Crippen LogP contribution in [0.4, 0.5) is 5.82 Å². The van der Waals surface area contributed by atoms with E-state index in [-0.39, 0.29) is 31.1 Å². The van der Waals surface area contributed by atoms with Crippen LogP contribution in [0.15, 0.2) is 78.9 Å². The van der Waals surface area contributed by atoms with Gasteiger partial charge in [0.25, 0.3) is 0 Å². The van der Waals surface area contributed by atoms with E-state index in [0.717, 1.165) is 16.5 Å². The quantitative estimate of drug-likeness (QED) is 0.0888. The molecule has 3 aromatic carbocycles. The number of hydrogen-bond acceptors (Lipinski definition) is 9. The summed E-state index contributed by atoms with van der Waals surface area (Å²) in [4.78, 5) is 22.9. The minimum atomic E-state index is -4.31. The number of benzene rings is 3. The second-order valence-corrected chi connectivity index (χ2v) is 14.4. The van der Waals surface area contributed by atoms with E-state index in [0.29, 0.717) is 28.5 Å². The summed E-state index contributed by atoms with van der Waals surface area (Å²) in [7, 11) is -4.31. The molecular formula is C35H41ClN5O6P. The number of carbonyl (C=O) groups is 1. The zero-order valence-corrected chi connectivity index (χ0v) is 29.3. The average Bonchev–Trinajstić information content (AvgIpc) is 3.37. The van der Waals surface area contributed by atoms with Crippen molar-refractivity contribution in [3.63, 3.8) is 0 Å². The number of fused-ring (bicyclic) bond motifs is 3. The van der Waals surface area contributed by atoms with Gasteiger partial charge in [0, 0.05) is 17.0 Å². The fourth-order valence-corrected chi connectivity index (χ4v) is 7.12. The Kier molecular flexibility index (Phi) is 11.1. The number of carbonyl (C=O) groups excluding carboxylic acids is 1. The highest BCUT2D eigenvalue weighted by Crippen LogP contribution is 2.47. The highest BCUT2D eigenvalue weighted by Gasteiger charge is 2.38. The fraction of sp³-hybridized carbons (Fsp3) is 0.343. The molecule has 0 unspecified atom stereocenters. The van der Waals surface area contributed by atoms with Crippen LogP contribution in [0.3, 0.4) is 0 Å². The van der Waals surface area contributed by atoms with Gasteiger partial charge in [-0.1, -0.05) is 66.2 Å². The van der Waals surface area contributed by atoms with Gasteiger partial charge >= 0.3 is 13.7 Å². The highest BCUT2D eigenvalue weighted by atomic mass is 35.5. The molecule has 0 bridgehead atoms. The summed E-state index contributed by atoms with van der Waals surface area (Å²) in [6.45, 7) is 9.84. The van der Waals surface area contributed by atoms with Gasteiger partial charge in [0.05, 0.1) is 23.7 Å². The molecule has 11 nitrogen and oxygen atoms in total. The van der Waals surface area contributed by atoms with Crippen LogP contribution in [0, 0.1) is 0 Å². The molecule has 0 saturated carbocycles. The third-order valence-electron chi connectivity index (χ3n) is 7.19. The highest BCUT2D eigenvalue weighted by molar-refractivity contribution is 7.52. The predicted octanol–water partition coefficient (Wildman–Crippen LogP) is 7.49. The summed E-state index contributed by atoms with van der Waals surface area (Å²) >= 11 is 6.24. The standard InChI is InChI=1S/C35H41ClN5O6P/c1-6-44-22-30-39-31-32(27-17-10-11-18-28(27)38-33(31)37)41(30)21-23(2)46-48(43,47-26-16-12-15-25(36)20-26)40-29(34(42)45-35(3,4)5)19-24-13-8-7-9-14-24/h7-18,20,23,29H,6,19,21-22H2,1-5H3,(H2,37,38)(H,40,43)/t23-,29+,48+/m1/s1. The van der Waals surface area contributed by atoms with Gasteiger partial charge in [0.1, 0.15) is 35.3 Å². The van der Waals surface area contributed by atoms with Crippen molar-refractivity contribution in [1.82, 2.24) is 19.6 Å². The SMILES string of the molecule is CCOCc1nc2c(N)nc3ccccc3c2n1C[C@@H](C)O[P@@](=O)(N[C@@H](Cc1ccccc1)C(=O)OC(C)(C)C)Oc1cccc(Cl)c1. The molecule has 254 valence electrons. The number of pyridine rings is 1. The Morgan fingerprint density at radius 2 is 1.77 bits per heavy atom. The number of nitrogen functional groups attached to an aromatic ring is 1. The average molecular weight is 694 g/mol. The number of rotatable bonds is 14. The number of para-hydroxylation sites is 1. The summed E-state index contributed by atoms with van der Waals surface area (Å²) in [6, 6.07) is 22.4. The molecule has 0 saturated heterocycles. The third kappa shape index (κ3) is 8.92. The molecule has 13 heteroatoms. The van der Waals surface area contributed by atoms with Crippen LogP contribution in [-0.4, -0.2) is 44.9 Å². The second-order valence-electron chi connectivity index (χ2n) is 12.4. The van der Waals surface area contributed by atoms with E-state index >= 15 is 0 Å². The van der Waals surface area contributed by atoms with Crippen molar-refractivity contribution < 1.29 is 27.9 Å². The summed E-state index contributed by atoms with van der Waals surface area (Å²) in [5.74, 6) is 0.475. The number of nitrogens with one attached hydrogen (secondary N) is 1. The number of nitrogens with zero attached hydrogens (tertiary/aromatic N) is 3. The van der Waals surface area contributed by atoms with Gasteiger partial charge in [-0.3, -0.25) is 9.32 Å². The molecule has 5 rings (SSSR count). The summed E-state index contributed by atoms with van der Waals surface area (Å²) in [6.07, 6.45) is -0.580. The Morgan fingerprint density at radius 1 is 1.04 bits per heavy atom. The molecule has 5 aromatic rings. The van der Waals surface area contributed by atoms with Gasteiger partial charge < -0.3 is 24.3 Å². The molecule has 0 aliphatic carbocycles. The Balaban J connectivity index is 1.52. The minimum absolute atomic E-state index is 0.166. The van der Waals surface area contributed by atoms with Gasteiger partial charge in [-0.05, 0) is 70.9 Å². The predicted molar refractivity (Wildman–Crippen MR) is 188 cm³/mol. The number of aromatic nitrogens is 3. The van der Waals surface area contributed by atoms with Gasteiger partial charge in [0.2, 0.25) is 0 Å². The van der Waals surface area contributed by atoms with Crippen molar-refractivity contribution in [2.24, 2.45) is 0 Å². The van der Waals surface area contributed by atoms with Crippen LogP contribution in [0.25, 0.3) is 21.9 Å². The van der Waals surface area contributed by atoms with Crippen LogP contribution in [-0.2, 0) is 42.9 Å². The number of hydrogen-bond donors (Lipinski definition) is 2. The van der Waals surface area contributed by atoms with Crippen molar-refractivity contribution in [1.29, 1.82) is 0 Å². The van der Waals surface area contributed by atoms with Crippen molar-refractivity contribution in [3.05, 3.63) is 95.3 Å². The molecular weight excluding hydrogens is 653 g/mol. The van der Waals surface area contributed by atoms with Crippen LogP contribution in [0.1, 0.15) is 46.0 Å². The number of anilines is 1. The zero-order chi connectivity index (χ0) is 34.5. The van der Waals surface area contributed by atoms with E-state index in [1.807, 2.05) is 66.1 Å². The van der Waals surface area contributed by atoms with Crippen LogP contribution in [0.5, 0.6) is 5.75 Å². The first-order valence-electron chi connectivity index (χ1n) is 15.7. The first-order valence-corrected chi connectivity index (χ1v) is 17.7.